The number of hydrogen-bond donors (Lipinski definition) is 2. The van der Waals surface area contributed by atoms with Crippen LogP contribution in [0.4, 0.5) is 18.9 Å². The number of allylic oxidation sites excluding steroid dienone is 1. The van der Waals surface area contributed by atoms with Crippen molar-refractivity contribution in [3.05, 3.63) is 34.5 Å². The topological polar surface area (TPSA) is 79.8 Å². The lowest BCUT2D eigenvalue weighted by molar-refractivity contribution is -0.137. The van der Waals surface area contributed by atoms with Gasteiger partial charge in [-0.3, -0.25) is 0 Å². The van der Waals surface area contributed by atoms with Crippen molar-refractivity contribution in [1.82, 2.24) is 0 Å². The van der Waals surface area contributed by atoms with Gasteiger partial charge in [-0.05, 0) is 12.1 Å². The van der Waals surface area contributed by atoms with Crippen LogP contribution in [0.3, 0.4) is 0 Å². The van der Waals surface area contributed by atoms with Gasteiger partial charge in [0.25, 0.3) is 0 Å². The van der Waals surface area contributed by atoms with Gasteiger partial charge < -0.3 is 10.4 Å². The van der Waals surface area contributed by atoms with Gasteiger partial charge in [-0.1, -0.05) is 11.6 Å². The first-order chi connectivity index (χ1) is 8.79. The van der Waals surface area contributed by atoms with Crippen LogP contribution >= 0.6 is 11.6 Å². The van der Waals surface area contributed by atoms with Crippen molar-refractivity contribution in [2.24, 2.45) is 0 Å². The van der Waals surface area contributed by atoms with E-state index in [1.54, 1.807) is 0 Å². The molecule has 0 saturated heterocycles. The molecule has 0 aliphatic rings. The molecular formula is C11H5ClF3N3O. The standard InChI is InChI=1S/C11H5ClF3N3O/c12-8-1-7(11(13,14)15)2-9(19)10(8)18-5-6(3-16)4-17/h1-2,5,18-19H. The first kappa shape index (κ1) is 14.7. The van der Waals surface area contributed by atoms with Gasteiger partial charge in [-0.15, -0.1) is 0 Å². The van der Waals surface area contributed by atoms with Gasteiger partial charge in [0.1, 0.15) is 23.5 Å². The molecule has 8 heteroatoms. The van der Waals surface area contributed by atoms with Crippen molar-refractivity contribution >= 4 is 17.3 Å². The van der Waals surface area contributed by atoms with Crippen molar-refractivity contribution in [3.8, 4) is 17.9 Å². The SMILES string of the molecule is N#CC(C#N)=CNc1c(O)cc(C(F)(F)F)cc1Cl. The molecule has 0 atom stereocenters. The molecule has 0 aliphatic heterocycles. The zero-order valence-electron chi connectivity index (χ0n) is 9.09. The summed E-state index contributed by atoms with van der Waals surface area (Å²) in [5, 5.41) is 28.3. The highest BCUT2D eigenvalue weighted by Gasteiger charge is 2.32. The zero-order valence-corrected chi connectivity index (χ0v) is 9.84. The Morgan fingerprint density at radius 2 is 1.89 bits per heavy atom. The van der Waals surface area contributed by atoms with Crippen LogP contribution in [0, 0.1) is 22.7 Å². The number of phenolic OH excluding ortho intramolecular Hbond substituents is 1. The van der Waals surface area contributed by atoms with E-state index in [1.165, 1.54) is 12.1 Å². The Morgan fingerprint density at radius 3 is 2.32 bits per heavy atom. The molecule has 0 unspecified atom stereocenters. The van der Waals surface area contributed by atoms with Gasteiger partial charge >= 0.3 is 6.18 Å². The van der Waals surface area contributed by atoms with E-state index in [1.807, 2.05) is 0 Å². The number of benzene rings is 1. The molecule has 0 saturated carbocycles. The van der Waals surface area contributed by atoms with Gasteiger partial charge in [0.05, 0.1) is 16.3 Å². The van der Waals surface area contributed by atoms with Crippen molar-refractivity contribution in [2.75, 3.05) is 5.32 Å². The van der Waals surface area contributed by atoms with E-state index < -0.39 is 17.5 Å². The third-order valence-corrected chi connectivity index (χ3v) is 2.30. The Hall–Kier alpha value is -2.38. The van der Waals surface area contributed by atoms with Crippen molar-refractivity contribution < 1.29 is 18.3 Å². The van der Waals surface area contributed by atoms with E-state index in [9.17, 15) is 18.3 Å². The molecule has 0 fully saturated rings. The Kier molecular flexibility index (Phi) is 4.26. The van der Waals surface area contributed by atoms with Gasteiger partial charge in [0, 0.05) is 6.20 Å². The summed E-state index contributed by atoms with van der Waals surface area (Å²) in [6.07, 6.45) is -3.71. The van der Waals surface area contributed by atoms with Crippen LogP contribution in [-0.4, -0.2) is 5.11 Å². The van der Waals surface area contributed by atoms with Crippen LogP contribution in [0.5, 0.6) is 5.75 Å². The summed E-state index contributed by atoms with van der Waals surface area (Å²) in [6, 6.07) is 4.17. The fourth-order valence-electron chi connectivity index (χ4n) is 1.13. The molecule has 2 N–H and O–H groups in total. The molecule has 98 valence electrons. The maximum atomic E-state index is 12.4. The minimum Gasteiger partial charge on any atom is -0.506 e. The first-order valence-corrected chi connectivity index (χ1v) is 5.04. The van der Waals surface area contributed by atoms with E-state index in [0.717, 1.165) is 6.20 Å². The van der Waals surface area contributed by atoms with Crippen LogP contribution in [0.2, 0.25) is 5.02 Å². The predicted octanol–water partition coefficient (Wildman–Crippen LogP) is 3.41. The Morgan fingerprint density at radius 1 is 1.32 bits per heavy atom. The second kappa shape index (κ2) is 5.51. The molecule has 19 heavy (non-hydrogen) atoms. The summed E-state index contributed by atoms with van der Waals surface area (Å²) in [7, 11) is 0. The highest BCUT2D eigenvalue weighted by molar-refractivity contribution is 6.33. The third-order valence-electron chi connectivity index (χ3n) is 2.00. The quantitative estimate of drug-likeness (QED) is 0.645. The maximum Gasteiger partial charge on any atom is 0.416 e. The summed E-state index contributed by atoms with van der Waals surface area (Å²) < 4.78 is 37.2. The number of hydrogen-bond acceptors (Lipinski definition) is 4. The highest BCUT2D eigenvalue weighted by atomic mass is 35.5. The van der Waals surface area contributed by atoms with E-state index >= 15 is 0 Å². The summed E-state index contributed by atoms with van der Waals surface area (Å²) in [5.74, 6) is -0.744. The molecule has 0 aliphatic carbocycles. The second-order valence-corrected chi connectivity index (χ2v) is 3.68. The number of halogens is 4. The summed E-state index contributed by atoms with van der Waals surface area (Å²) >= 11 is 5.59. The Labute approximate surface area is 110 Å². The van der Waals surface area contributed by atoms with Crippen LogP contribution in [0.15, 0.2) is 23.9 Å². The monoisotopic (exact) mass is 287 g/mol. The minimum atomic E-state index is -4.64. The number of rotatable bonds is 2. The summed E-state index contributed by atoms with van der Waals surface area (Å²) in [6.45, 7) is 0. The van der Waals surface area contributed by atoms with Gasteiger partial charge in [-0.2, -0.15) is 23.7 Å². The van der Waals surface area contributed by atoms with E-state index in [-0.39, 0.29) is 16.3 Å². The zero-order chi connectivity index (χ0) is 14.6. The van der Waals surface area contributed by atoms with Crippen LogP contribution in [-0.2, 0) is 6.18 Å². The normalized spacial score (nSPS) is 10.2. The molecule has 0 bridgehead atoms. The molecule has 0 radical (unpaired) electrons. The number of nitrogens with one attached hydrogen (secondary N) is 1. The van der Waals surface area contributed by atoms with Crippen LogP contribution in [0.25, 0.3) is 0 Å². The number of nitrogens with zero attached hydrogens (tertiary/aromatic N) is 2. The number of anilines is 1. The van der Waals surface area contributed by atoms with Gasteiger partial charge in [0.15, 0.2) is 0 Å². The van der Waals surface area contributed by atoms with E-state index in [4.69, 9.17) is 22.1 Å². The minimum absolute atomic E-state index is 0.224. The number of nitriles is 2. The molecule has 1 aromatic rings. The predicted molar refractivity (Wildman–Crippen MR) is 61.1 cm³/mol. The number of phenols is 1. The largest absolute Gasteiger partial charge is 0.506 e. The third kappa shape index (κ3) is 3.54. The average Bonchev–Trinajstić information content (AvgIpc) is 2.31. The molecule has 0 heterocycles. The molecule has 1 aromatic carbocycles. The van der Waals surface area contributed by atoms with Crippen molar-refractivity contribution in [3.63, 3.8) is 0 Å². The summed E-state index contributed by atoms with van der Waals surface area (Å²) in [4.78, 5) is 0. The van der Waals surface area contributed by atoms with E-state index in [0.29, 0.717) is 12.1 Å². The first-order valence-electron chi connectivity index (χ1n) is 4.66. The molecule has 0 amide bonds. The fourth-order valence-corrected chi connectivity index (χ4v) is 1.40. The smallest absolute Gasteiger partial charge is 0.416 e. The van der Waals surface area contributed by atoms with Crippen LogP contribution in [0.1, 0.15) is 5.56 Å². The molecule has 0 spiro atoms. The summed E-state index contributed by atoms with van der Waals surface area (Å²) in [5.41, 5.74) is -1.65. The lowest BCUT2D eigenvalue weighted by Gasteiger charge is -2.11. The second-order valence-electron chi connectivity index (χ2n) is 3.28. The number of alkyl halides is 3. The maximum absolute atomic E-state index is 12.4. The Balaban J connectivity index is 3.17. The van der Waals surface area contributed by atoms with Gasteiger partial charge in [-0.25, -0.2) is 0 Å². The van der Waals surface area contributed by atoms with Gasteiger partial charge in [0.2, 0.25) is 0 Å². The fraction of sp³-hybridized carbons (Fsp3) is 0.0909. The molecule has 4 nitrogen and oxygen atoms in total. The van der Waals surface area contributed by atoms with Crippen LogP contribution < -0.4 is 5.32 Å². The molecule has 1 rings (SSSR count). The number of aromatic hydroxyl groups is 1. The van der Waals surface area contributed by atoms with Crippen molar-refractivity contribution in [1.29, 1.82) is 10.5 Å². The van der Waals surface area contributed by atoms with E-state index in [2.05, 4.69) is 5.32 Å². The Bertz CT molecular complexity index is 572. The molecular weight excluding hydrogens is 283 g/mol. The lowest BCUT2D eigenvalue weighted by atomic mass is 10.2. The van der Waals surface area contributed by atoms with Crippen molar-refractivity contribution in [2.45, 2.75) is 6.18 Å². The highest BCUT2D eigenvalue weighted by Crippen LogP contribution is 2.39. The molecule has 0 aromatic heterocycles. The lowest BCUT2D eigenvalue weighted by Crippen LogP contribution is -2.05. The average molecular weight is 288 g/mol.